The van der Waals surface area contributed by atoms with E-state index in [1.165, 1.54) is 49.7 Å². The van der Waals surface area contributed by atoms with Crippen LogP contribution in [0.25, 0.3) is 0 Å². The van der Waals surface area contributed by atoms with Gasteiger partial charge in [-0.3, -0.25) is 0 Å². The summed E-state index contributed by atoms with van der Waals surface area (Å²) in [7, 11) is 0. The number of rotatable bonds is 8. The summed E-state index contributed by atoms with van der Waals surface area (Å²) in [5, 5.41) is 0. The van der Waals surface area contributed by atoms with E-state index in [2.05, 4.69) is 65.8 Å². The molecule has 1 heteroatoms. The molecule has 0 N–H and O–H groups in total. The molecule has 25 heavy (non-hydrogen) atoms. The van der Waals surface area contributed by atoms with Crippen LogP contribution in [-0.2, 0) is 4.74 Å². The van der Waals surface area contributed by atoms with Gasteiger partial charge in [0.2, 0.25) is 0 Å². The summed E-state index contributed by atoms with van der Waals surface area (Å²) in [5.74, 6) is 2.53. The summed E-state index contributed by atoms with van der Waals surface area (Å²) >= 11 is 0. The molecule has 0 saturated heterocycles. The summed E-state index contributed by atoms with van der Waals surface area (Å²) in [6.45, 7) is 14.0. The van der Waals surface area contributed by atoms with Crippen molar-refractivity contribution in [1.82, 2.24) is 0 Å². The fourth-order valence-electron chi connectivity index (χ4n) is 4.27. The topological polar surface area (TPSA) is 9.23 Å². The lowest BCUT2D eigenvalue weighted by Crippen LogP contribution is -2.26. The highest BCUT2D eigenvalue weighted by atomic mass is 16.5. The van der Waals surface area contributed by atoms with Crippen LogP contribution in [0.3, 0.4) is 0 Å². The third kappa shape index (κ3) is 6.13. The van der Waals surface area contributed by atoms with E-state index in [1.807, 2.05) is 0 Å². The zero-order valence-electron chi connectivity index (χ0n) is 17.4. The Hall–Kier alpha value is -0.820. The molecule has 1 aliphatic carbocycles. The predicted molar refractivity (Wildman–Crippen MR) is 109 cm³/mol. The van der Waals surface area contributed by atoms with Crippen LogP contribution in [0, 0.1) is 11.8 Å². The van der Waals surface area contributed by atoms with Crippen LogP contribution in [0.2, 0.25) is 0 Å². The molecule has 0 amide bonds. The van der Waals surface area contributed by atoms with Crippen molar-refractivity contribution in [2.75, 3.05) is 0 Å². The van der Waals surface area contributed by atoms with Gasteiger partial charge in [0, 0.05) is 5.92 Å². The van der Waals surface area contributed by atoms with Gasteiger partial charge in [0.1, 0.15) is 0 Å². The molecule has 0 aliphatic heterocycles. The second-order valence-electron chi connectivity index (χ2n) is 9.04. The van der Waals surface area contributed by atoms with Crippen LogP contribution < -0.4 is 0 Å². The lowest BCUT2D eigenvalue weighted by atomic mass is 9.81. The Bertz CT molecular complexity index is 499. The van der Waals surface area contributed by atoms with Crippen molar-refractivity contribution in [3.05, 3.63) is 35.4 Å². The molecule has 1 aromatic rings. The monoisotopic (exact) mass is 344 g/mol. The van der Waals surface area contributed by atoms with Gasteiger partial charge >= 0.3 is 0 Å². The van der Waals surface area contributed by atoms with Gasteiger partial charge in [-0.05, 0) is 55.1 Å². The first-order chi connectivity index (χ1) is 11.9. The maximum atomic E-state index is 6.42. The Kier molecular flexibility index (Phi) is 8.00. The van der Waals surface area contributed by atoms with Crippen molar-refractivity contribution < 1.29 is 4.74 Å². The minimum atomic E-state index is 0.293. The molecule has 0 aromatic heterocycles. The number of hydrogen-bond donors (Lipinski definition) is 0. The number of ether oxygens (including phenoxy) is 1. The second kappa shape index (κ2) is 9.76. The van der Waals surface area contributed by atoms with Crippen molar-refractivity contribution in [3.63, 3.8) is 0 Å². The standard InChI is InChI=1S/C24H40O/c1-17(2)15-24(18(3)4)22-12-10-11-21(16-22)19(5)20(6)25-23-13-8-7-9-14-23/h10-12,16-20,23-24H,7-9,13-15H2,1-6H3/t19-,20?,24?/m0/s1. The Balaban J connectivity index is 2.07. The van der Waals surface area contributed by atoms with Gasteiger partial charge < -0.3 is 4.74 Å². The average molecular weight is 345 g/mol. The molecule has 0 radical (unpaired) electrons. The first-order valence-electron chi connectivity index (χ1n) is 10.6. The van der Waals surface area contributed by atoms with Crippen LogP contribution in [0.4, 0.5) is 0 Å². The molecular weight excluding hydrogens is 304 g/mol. The quantitative estimate of drug-likeness (QED) is 0.480. The van der Waals surface area contributed by atoms with Gasteiger partial charge in [0.05, 0.1) is 12.2 Å². The molecule has 1 aromatic carbocycles. The van der Waals surface area contributed by atoms with E-state index in [4.69, 9.17) is 4.74 Å². The maximum Gasteiger partial charge on any atom is 0.0616 e. The van der Waals surface area contributed by atoms with Crippen LogP contribution in [-0.4, -0.2) is 12.2 Å². The van der Waals surface area contributed by atoms with Crippen LogP contribution >= 0.6 is 0 Å². The van der Waals surface area contributed by atoms with E-state index in [9.17, 15) is 0 Å². The molecular formula is C24H40O. The van der Waals surface area contributed by atoms with E-state index in [0.29, 0.717) is 30.0 Å². The Morgan fingerprint density at radius 2 is 1.56 bits per heavy atom. The highest BCUT2D eigenvalue weighted by molar-refractivity contribution is 5.29. The van der Waals surface area contributed by atoms with Gasteiger partial charge in [-0.2, -0.15) is 0 Å². The molecule has 2 rings (SSSR count). The third-order valence-corrected chi connectivity index (χ3v) is 6.06. The molecule has 0 bridgehead atoms. The maximum absolute atomic E-state index is 6.42. The molecule has 1 aliphatic rings. The summed E-state index contributed by atoms with van der Waals surface area (Å²) in [4.78, 5) is 0. The van der Waals surface area contributed by atoms with Crippen molar-refractivity contribution >= 4 is 0 Å². The highest BCUT2D eigenvalue weighted by Gasteiger charge is 2.23. The largest absolute Gasteiger partial charge is 0.375 e. The van der Waals surface area contributed by atoms with Crippen molar-refractivity contribution in [1.29, 1.82) is 0 Å². The second-order valence-corrected chi connectivity index (χ2v) is 9.04. The molecule has 1 nitrogen and oxygen atoms in total. The van der Waals surface area contributed by atoms with Crippen LogP contribution in [0.1, 0.15) is 103 Å². The minimum Gasteiger partial charge on any atom is -0.375 e. The molecule has 3 atom stereocenters. The van der Waals surface area contributed by atoms with Crippen molar-refractivity contribution in [2.45, 2.75) is 104 Å². The van der Waals surface area contributed by atoms with Gasteiger partial charge in [-0.15, -0.1) is 0 Å². The van der Waals surface area contributed by atoms with Crippen molar-refractivity contribution in [2.24, 2.45) is 11.8 Å². The van der Waals surface area contributed by atoms with Gasteiger partial charge in [0.25, 0.3) is 0 Å². The fraction of sp³-hybridized carbons (Fsp3) is 0.750. The molecule has 2 unspecified atom stereocenters. The molecule has 0 heterocycles. The summed E-state index contributed by atoms with van der Waals surface area (Å²) in [6.07, 6.45) is 8.61. The fourth-order valence-corrected chi connectivity index (χ4v) is 4.27. The first-order valence-corrected chi connectivity index (χ1v) is 10.6. The van der Waals surface area contributed by atoms with E-state index in [0.717, 1.165) is 5.92 Å². The zero-order valence-corrected chi connectivity index (χ0v) is 17.4. The van der Waals surface area contributed by atoms with Gasteiger partial charge in [0.15, 0.2) is 0 Å². The van der Waals surface area contributed by atoms with E-state index >= 15 is 0 Å². The van der Waals surface area contributed by atoms with E-state index in [-0.39, 0.29) is 0 Å². The molecule has 1 fully saturated rings. The van der Waals surface area contributed by atoms with Crippen LogP contribution in [0.5, 0.6) is 0 Å². The number of hydrogen-bond acceptors (Lipinski definition) is 1. The van der Waals surface area contributed by atoms with Gasteiger partial charge in [-0.25, -0.2) is 0 Å². The summed E-state index contributed by atoms with van der Waals surface area (Å²) in [6, 6.07) is 9.33. The van der Waals surface area contributed by atoms with E-state index in [1.54, 1.807) is 0 Å². The molecule has 1 saturated carbocycles. The predicted octanol–water partition coefficient (Wildman–Crippen LogP) is 7.31. The molecule has 0 spiro atoms. The lowest BCUT2D eigenvalue weighted by Gasteiger charge is -2.30. The van der Waals surface area contributed by atoms with Gasteiger partial charge in [-0.1, -0.05) is 78.1 Å². The average Bonchev–Trinajstić information content (AvgIpc) is 2.59. The third-order valence-electron chi connectivity index (χ3n) is 6.06. The SMILES string of the molecule is CC(C)CC(c1cccc([C@@H](C)C(C)OC2CCCCC2)c1)C(C)C. The normalized spacial score (nSPS) is 20.0. The smallest absolute Gasteiger partial charge is 0.0616 e. The lowest BCUT2D eigenvalue weighted by molar-refractivity contribution is -0.0306. The minimum absolute atomic E-state index is 0.293. The Morgan fingerprint density at radius 1 is 0.920 bits per heavy atom. The molecule has 142 valence electrons. The van der Waals surface area contributed by atoms with Crippen molar-refractivity contribution in [3.8, 4) is 0 Å². The Labute approximate surface area is 156 Å². The van der Waals surface area contributed by atoms with Crippen LogP contribution in [0.15, 0.2) is 24.3 Å². The zero-order chi connectivity index (χ0) is 18.4. The summed E-state index contributed by atoms with van der Waals surface area (Å²) < 4.78 is 6.42. The summed E-state index contributed by atoms with van der Waals surface area (Å²) in [5.41, 5.74) is 2.95. The first kappa shape index (κ1) is 20.5. The number of benzene rings is 1. The highest BCUT2D eigenvalue weighted by Crippen LogP contribution is 2.34. The van der Waals surface area contributed by atoms with E-state index < -0.39 is 0 Å². The Morgan fingerprint density at radius 3 is 2.16 bits per heavy atom.